The van der Waals surface area contributed by atoms with E-state index < -0.39 is 5.60 Å². The fourth-order valence-corrected chi connectivity index (χ4v) is 3.93. The molecule has 1 aromatic carbocycles. The van der Waals surface area contributed by atoms with Gasteiger partial charge in [-0.3, -0.25) is 9.59 Å². The van der Waals surface area contributed by atoms with E-state index in [0.717, 1.165) is 16.5 Å². The van der Waals surface area contributed by atoms with E-state index in [0.29, 0.717) is 24.4 Å². The van der Waals surface area contributed by atoms with Gasteiger partial charge in [0, 0.05) is 34.4 Å². The van der Waals surface area contributed by atoms with Crippen LogP contribution in [0.25, 0.3) is 0 Å². The monoisotopic (exact) mass is 371 g/mol. The average molecular weight is 373 g/mol. The average Bonchev–Trinajstić information content (AvgIpc) is 2.69. The van der Waals surface area contributed by atoms with Crippen molar-refractivity contribution >= 4 is 44.9 Å². The lowest BCUT2D eigenvalue weighted by Crippen LogP contribution is -2.47. The first kappa shape index (κ1) is 15.0. The van der Waals surface area contributed by atoms with Crippen molar-refractivity contribution in [3.63, 3.8) is 0 Å². The number of ketones is 1. The van der Waals surface area contributed by atoms with Crippen LogP contribution in [0.15, 0.2) is 22.7 Å². The Morgan fingerprint density at radius 2 is 2.24 bits per heavy atom. The highest BCUT2D eigenvalue weighted by atomic mass is 79.9. The fraction of sp³-hybridized carbons (Fsp3) is 0.467. The third-order valence-corrected chi connectivity index (χ3v) is 4.89. The number of ether oxygens (including phenoxy) is 1. The summed E-state index contributed by atoms with van der Waals surface area (Å²) >= 11 is 9.19. The van der Waals surface area contributed by atoms with Gasteiger partial charge in [0.05, 0.1) is 6.10 Å². The maximum atomic E-state index is 12.5. The van der Waals surface area contributed by atoms with Crippen LogP contribution in [0, 0.1) is 0 Å². The van der Waals surface area contributed by atoms with Crippen molar-refractivity contribution in [3.8, 4) is 0 Å². The highest BCUT2D eigenvalue weighted by Crippen LogP contribution is 2.48. The predicted octanol–water partition coefficient (Wildman–Crippen LogP) is 3.36. The number of anilines is 1. The quantitative estimate of drug-likeness (QED) is 0.828. The first-order chi connectivity index (χ1) is 10.1. The summed E-state index contributed by atoms with van der Waals surface area (Å²) in [5.41, 5.74) is 0.251. The summed E-state index contributed by atoms with van der Waals surface area (Å²) in [7, 11) is 0. The summed E-state index contributed by atoms with van der Waals surface area (Å²) in [6.07, 6.45) is 1.63. The molecule has 1 spiro atoms. The summed E-state index contributed by atoms with van der Waals surface area (Å²) in [6, 6.07) is 5.53. The van der Waals surface area contributed by atoms with E-state index in [1.807, 2.05) is 18.2 Å². The summed E-state index contributed by atoms with van der Waals surface area (Å²) in [4.78, 5) is 24.6. The maximum Gasteiger partial charge on any atom is 0.261 e. The molecule has 0 radical (unpaired) electrons. The molecule has 1 amide bonds. The molecule has 0 saturated carbocycles. The third kappa shape index (κ3) is 2.51. The Hall–Kier alpha value is -0.910. The van der Waals surface area contributed by atoms with Crippen LogP contribution in [-0.4, -0.2) is 23.7 Å². The third-order valence-electron chi connectivity index (χ3n) is 3.96. The van der Waals surface area contributed by atoms with Crippen LogP contribution in [0.2, 0.25) is 0 Å². The maximum absolute atomic E-state index is 12.5. The van der Waals surface area contributed by atoms with Crippen LogP contribution in [0.3, 0.4) is 0 Å². The summed E-state index contributed by atoms with van der Waals surface area (Å²) < 4.78 is 6.89. The van der Waals surface area contributed by atoms with Gasteiger partial charge in [-0.25, -0.2) is 0 Å². The Morgan fingerprint density at radius 3 is 3.00 bits per heavy atom. The minimum atomic E-state index is -1.19. The molecule has 0 unspecified atom stereocenters. The molecule has 4 nitrogen and oxygen atoms in total. The number of nitrogens with one attached hydrogen (secondary N) is 1. The molecule has 1 fully saturated rings. The molecule has 1 saturated heterocycles. The molecule has 0 bridgehead atoms. The molecule has 6 heteroatoms. The summed E-state index contributed by atoms with van der Waals surface area (Å²) in [6.45, 7) is 0. The number of hydrogen-bond acceptors (Lipinski definition) is 3. The SMILES string of the molecule is O=C1C[C@@H](CCCCl)O[C@]2(C1)C(=O)Nc1cccc(Br)c12. The Morgan fingerprint density at radius 1 is 1.43 bits per heavy atom. The second-order valence-corrected chi connectivity index (χ2v) is 6.67. The van der Waals surface area contributed by atoms with Gasteiger partial charge in [-0.1, -0.05) is 22.0 Å². The van der Waals surface area contributed by atoms with Crippen molar-refractivity contribution < 1.29 is 14.3 Å². The van der Waals surface area contributed by atoms with E-state index in [1.54, 1.807) is 0 Å². The number of hydrogen-bond donors (Lipinski definition) is 1. The van der Waals surface area contributed by atoms with Crippen LogP contribution in [0.1, 0.15) is 31.2 Å². The van der Waals surface area contributed by atoms with Crippen LogP contribution < -0.4 is 5.32 Å². The van der Waals surface area contributed by atoms with Crippen molar-refractivity contribution in [1.82, 2.24) is 0 Å². The number of halogens is 2. The van der Waals surface area contributed by atoms with E-state index in [9.17, 15) is 9.59 Å². The van der Waals surface area contributed by atoms with Crippen molar-refractivity contribution in [2.24, 2.45) is 0 Å². The number of alkyl halides is 1. The molecule has 2 heterocycles. The molecular formula is C15H15BrClNO3. The number of amides is 1. The Labute approximate surface area is 136 Å². The predicted molar refractivity (Wildman–Crippen MR) is 83.5 cm³/mol. The Kier molecular flexibility index (Phi) is 4.08. The minimum Gasteiger partial charge on any atom is -0.356 e. The summed E-state index contributed by atoms with van der Waals surface area (Å²) in [5, 5.41) is 2.82. The van der Waals surface area contributed by atoms with Gasteiger partial charge in [-0.05, 0) is 25.0 Å². The lowest BCUT2D eigenvalue weighted by Gasteiger charge is -2.36. The molecule has 21 heavy (non-hydrogen) atoms. The van der Waals surface area contributed by atoms with Gasteiger partial charge >= 0.3 is 0 Å². The standard InChI is InChI=1S/C15H15BrClNO3/c16-11-4-1-5-12-13(11)15(14(20)18-12)8-9(19)7-10(21-15)3-2-6-17/h1,4-5,10H,2-3,6-8H2,(H,18,20)/t10-,15+/m1/s1. The van der Waals surface area contributed by atoms with Crippen molar-refractivity contribution in [1.29, 1.82) is 0 Å². The van der Waals surface area contributed by atoms with Crippen molar-refractivity contribution in [3.05, 3.63) is 28.2 Å². The molecule has 2 aliphatic heterocycles. The number of fused-ring (bicyclic) bond motifs is 2. The van der Waals surface area contributed by atoms with E-state index in [-0.39, 0.29) is 24.2 Å². The van der Waals surface area contributed by atoms with Crippen molar-refractivity contribution in [2.45, 2.75) is 37.4 Å². The van der Waals surface area contributed by atoms with E-state index in [4.69, 9.17) is 16.3 Å². The second kappa shape index (κ2) is 5.71. The van der Waals surface area contributed by atoms with E-state index >= 15 is 0 Å². The highest BCUT2D eigenvalue weighted by Gasteiger charge is 2.54. The van der Waals surface area contributed by atoms with Gasteiger partial charge in [0.15, 0.2) is 5.60 Å². The summed E-state index contributed by atoms with van der Waals surface area (Å²) in [5.74, 6) is 0.320. The Balaban J connectivity index is 2.00. The molecule has 2 aliphatic rings. The lowest BCUT2D eigenvalue weighted by atomic mass is 9.84. The van der Waals surface area contributed by atoms with Crippen LogP contribution in [0.4, 0.5) is 5.69 Å². The van der Waals surface area contributed by atoms with Gasteiger partial charge in [0.25, 0.3) is 5.91 Å². The molecule has 0 aromatic heterocycles. The normalized spacial score (nSPS) is 27.8. The zero-order valence-electron chi connectivity index (χ0n) is 11.3. The zero-order valence-corrected chi connectivity index (χ0v) is 13.7. The molecule has 1 N–H and O–H groups in total. The number of carbonyl (C=O) groups is 2. The molecule has 112 valence electrons. The highest BCUT2D eigenvalue weighted by molar-refractivity contribution is 9.10. The lowest BCUT2D eigenvalue weighted by molar-refractivity contribution is -0.170. The first-order valence-electron chi connectivity index (χ1n) is 6.93. The number of carbonyl (C=O) groups excluding carboxylic acids is 2. The largest absolute Gasteiger partial charge is 0.356 e. The number of Topliss-reactive ketones (excluding diaryl/α,β-unsaturated/α-hetero) is 1. The molecule has 3 rings (SSSR count). The smallest absolute Gasteiger partial charge is 0.261 e. The van der Waals surface area contributed by atoms with Gasteiger partial charge in [0.1, 0.15) is 5.78 Å². The molecule has 1 aromatic rings. The Bertz CT molecular complexity index is 607. The number of benzene rings is 1. The topological polar surface area (TPSA) is 55.4 Å². The van der Waals surface area contributed by atoms with Gasteiger partial charge < -0.3 is 10.1 Å². The number of rotatable bonds is 3. The first-order valence-corrected chi connectivity index (χ1v) is 8.25. The zero-order chi connectivity index (χ0) is 15.0. The van der Waals surface area contributed by atoms with Gasteiger partial charge in [0.2, 0.25) is 0 Å². The van der Waals surface area contributed by atoms with E-state index in [1.165, 1.54) is 0 Å². The fourth-order valence-electron chi connectivity index (χ4n) is 3.09. The molecule has 2 atom stereocenters. The second-order valence-electron chi connectivity index (χ2n) is 5.43. The van der Waals surface area contributed by atoms with Gasteiger partial charge in [-0.2, -0.15) is 0 Å². The van der Waals surface area contributed by atoms with E-state index in [2.05, 4.69) is 21.2 Å². The van der Waals surface area contributed by atoms with Crippen LogP contribution in [0.5, 0.6) is 0 Å². The minimum absolute atomic E-state index is 0.0552. The molecular weight excluding hydrogens is 358 g/mol. The van der Waals surface area contributed by atoms with Crippen molar-refractivity contribution in [2.75, 3.05) is 11.2 Å². The van der Waals surface area contributed by atoms with Gasteiger partial charge in [-0.15, -0.1) is 11.6 Å². The van der Waals surface area contributed by atoms with Crippen LogP contribution >= 0.6 is 27.5 Å². The molecule has 0 aliphatic carbocycles. The van der Waals surface area contributed by atoms with Crippen LogP contribution in [-0.2, 0) is 19.9 Å².